The van der Waals surface area contributed by atoms with Gasteiger partial charge in [0.1, 0.15) is 0 Å². The molecule has 72 valence electrons. The van der Waals surface area contributed by atoms with Gasteiger partial charge in [-0.1, -0.05) is 13.8 Å². The molecule has 0 rings (SSSR count). The lowest BCUT2D eigenvalue weighted by atomic mass is 9.92. The maximum absolute atomic E-state index is 10.5. The molecule has 3 N–H and O–H groups in total. The minimum atomic E-state index is -0.716. The number of carbonyl (C=O) groups is 1. The van der Waals surface area contributed by atoms with Crippen molar-refractivity contribution < 1.29 is 9.90 Å². The second-order valence-corrected chi connectivity index (χ2v) is 3.79. The molecular weight excluding hydrogens is 154 g/mol. The molecule has 0 aromatic rings. The van der Waals surface area contributed by atoms with Gasteiger partial charge < -0.3 is 10.8 Å². The topological polar surface area (TPSA) is 63.3 Å². The van der Waals surface area contributed by atoms with Gasteiger partial charge >= 0.3 is 5.97 Å². The average molecular weight is 173 g/mol. The van der Waals surface area contributed by atoms with Crippen LogP contribution in [0.1, 0.15) is 33.6 Å². The zero-order valence-electron chi connectivity index (χ0n) is 8.08. The molecule has 3 nitrogen and oxygen atoms in total. The van der Waals surface area contributed by atoms with Gasteiger partial charge in [-0.25, -0.2) is 0 Å². The zero-order chi connectivity index (χ0) is 9.72. The molecule has 3 atom stereocenters. The summed E-state index contributed by atoms with van der Waals surface area (Å²) in [5, 5.41) is 8.63. The zero-order valence-corrected chi connectivity index (χ0v) is 8.08. The van der Waals surface area contributed by atoms with E-state index < -0.39 is 5.97 Å². The highest BCUT2D eigenvalue weighted by Crippen LogP contribution is 2.16. The monoisotopic (exact) mass is 173 g/mol. The summed E-state index contributed by atoms with van der Waals surface area (Å²) in [4.78, 5) is 10.5. The lowest BCUT2D eigenvalue weighted by Crippen LogP contribution is -2.21. The van der Waals surface area contributed by atoms with Gasteiger partial charge in [0.2, 0.25) is 0 Å². The van der Waals surface area contributed by atoms with Gasteiger partial charge in [0.05, 0.1) is 5.92 Å². The number of rotatable bonds is 5. The van der Waals surface area contributed by atoms with E-state index in [4.69, 9.17) is 10.8 Å². The molecule has 0 saturated heterocycles. The van der Waals surface area contributed by atoms with Gasteiger partial charge in [0.25, 0.3) is 0 Å². The van der Waals surface area contributed by atoms with Crippen molar-refractivity contribution in [3.8, 4) is 0 Å². The number of carboxylic acid groups (broad SMARTS) is 1. The summed E-state index contributed by atoms with van der Waals surface area (Å²) in [6.07, 6.45) is 1.62. The second kappa shape index (κ2) is 5.14. The molecule has 0 spiro atoms. The molecule has 12 heavy (non-hydrogen) atoms. The number of hydrogen-bond acceptors (Lipinski definition) is 2. The third kappa shape index (κ3) is 5.13. The summed E-state index contributed by atoms with van der Waals surface area (Å²) in [7, 11) is 0. The van der Waals surface area contributed by atoms with Crippen molar-refractivity contribution in [3.63, 3.8) is 0 Å². The van der Waals surface area contributed by atoms with E-state index in [2.05, 4.69) is 0 Å². The highest BCUT2D eigenvalue weighted by Gasteiger charge is 2.15. The van der Waals surface area contributed by atoms with Crippen LogP contribution in [0.5, 0.6) is 0 Å². The molecular formula is C9H19NO2. The summed E-state index contributed by atoms with van der Waals surface area (Å²) in [6, 6.07) is 0.168. The van der Waals surface area contributed by atoms with Crippen molar-refractivity contribution in [2.75, 3.05) is 0 Å². The molecule has 0 bridgehead atoms. The first-order chi connectivity index (χ1) is 5.43. The van der Waals surface area contributed by atoms with Crippen molar-refractivity contribution in [3.05, 3.63) is 0 Å². The SMILES string of the molecule is C[C@H](C[C@H](C)N)C[C@@H](C)C(=O)O. The van der Waals surface area contributed by atoms with Crippen LogP contribution < -0.4 is 5.73 Å². The molecule has 0 unspecified atom stereocenters. The summed E-state index contributed by atoms with van der Waals surface area (Å²) >= 11 is 0. The smallest absolute Gasteiger partial charge is 0.306 e. The molecule has 3 heteroatoms. The van der Waals surface area contributed by atoms with Crippen LogP contribution in [-0.2, 0) is 4.79 Å². The second-order valence-electron chi connectivity index (χ2n) is 3.79. The van der Waals surface area contributed by atoms with Crippen molar-refractivity contribution in [1.82, 2.24) is 0 Å². The van der Waals surface area contributed by atoms with Crippen LogP contribution in [-0.4, -0.2) is 17.1 Å². The standard InChI is InChI=1S/C9H19NO2/c1-6(5-8(3)10)4-7(2)9(11)12/h6-8H,4-5,10H2,1-3H3,(H,11,12)/t6-,7+,8-/m0/s1. The highest BCUT2D eigenvalue weighted by molar-refractivity contribution is 5.69. The minimum Gasteiger partial charge on any atom is -0.481 e. The van der Waals surface area contributed by atoms with Crippen LogP contribution in [0.2, 0.25) is 0 Å². The van der Waals surface area contributed by atoms with Crippen LogP contribution in [0.3, 0.4) is 0 Å². The predicted molar refractivity (Wildman–Crippen MR) is 48.8 cm³/mol. The maximum atomic E-state index is 10.5. The third-order valence-corrected chi connectivity index (χ3v) is 1.95. The summed E-state index contributed by atoms with van der Waals surface area (Å²) in [5.74, 6) is -0.568. The van der Waals surface area contributed by atoms with Gasteiger partial charge in [0.15, 0.2) is 0 Å². The lowest BCUT2D eigenvalue weighted by Gasteiger charge is -2.15. The Morgan fingerprint density at radius 2 is 1.83 bits per heavy atom. The van der Waals surface area contributed by atoms with Gasteiger partial charge in [-0.3, -0.25) is 4.79 Å². The van der Waals surface area contributed by atoms with E-state index >= 15 is 0 Å². The van der Waals surface area contributed by atoms with E-state index in [9.17, 15) is 4.79 Å². The van der Waals surface area contributed by atoms with E-state index in [0.717, 1.165) is 12.8 Å². The van der Waals surface area contributed by atoms with Crippen LogP contribution in [0.4, 0.5) is 0 Å². The van der Waals surface area contributed by atoms with Gasteiger partial charge in [-0.05, 0) is 25.7 Å². The van der Waals surface area contributed by atoms with Crippen molar-refractivity contribution in [1.29, 1.82) is 0 Å². The maximum Gasteiger partial charge on any atom is 0.306 e. The molecule has 0 fully saturated rings. The molecule has 0 aromatic carbocycles. The largest absolute Gasteiger partial charge is 0.481 e. The number of carboxylic acids is 1. The van der Waals surface area contributed by atoms with Gasteiger partial charge in [0, 0.05) is 6.04 Å². The third-order valence-electron chi connectivity index (χ3n) is 1.95. The average Bonchev–Trinajstić information content (AvgIpc) is 1.84. The van der Waals surface area contributed by atoms with Crippen LogP contribution in [0.25, 0.3) is 0 Å². The predicted octanol–water partition coefficient (Wildman–Crippen LogP) is 1.47. The Kier molecular flexibility index (Phi) is 4.90. The first kappa shape index (κ1) is 11.4. The van der Waals surface area contributed by atoms with Crippen molar-refractivity contribution >= 4 is 5.97 Å². The van der Waals surface area contributed by atoms with Crippen molar-refractivity contribution in [2.45, 2.75) is 39.7 Å². The molecule has 0 heterocycles. The fourth-order valence-electron chi connectivity index (χ4n) is 1.44. The quantitative estimate of drug-likeness (QED) is 0.661. The Morgan fingerprint density at radius 1 is 1.33 bits per heavy atom. The number of aliphatic carboxylic acids is 1. The van der Waals surface area contributed by atoms with Crippen LogP contribution >= 0.6 is 0 Å². The van der Waals surface area contributed by atoms with E-state index in [1.807, 2.05) is 13.8 Å². The Hall–Kier alpha value is -0.570. The fraction of sp³-hybridized carbons (Fsp3) is 0.889. The minimum absolute atomic E-state index is 0.168. The van der Waals surface area contributed by atoms with E-state index in [0.29, 0.717) is 5.92 Å². The molecule has 0 saturated carbocycles. The van der Waals surface area contributed by atoms with Crippen LogP contribution in [0.15, 0.2) is 0 Å². The van der Waals surface area contributed by atoms with Gasteiger partial charge in [-0.15, -0.1) is 0 Å². The molecule has 0 radical (unpaired) electrons. The summed E-state index contributed by atoms with van der Waals surface area (Å²) in [6.45, 7) is 5.73. The number of hydrogen-bond donors (Lipinski definition) is 2. The molecule has 0 aliphatic heterocycles. The van der Waals surface area contributed by atoms with Gasteiger partial charge in [-0.2, -0.15) is 0 Å². The number of nitrogens with two attached hydrogens (primary N) is 1. The summed E-state index contributed by atoms with van der Waals surface area (Å²) < 4.78 is 0. The first-order valence-electron chi connectivity index (χ1n) is 4.41. The summed E-state index contributed by atoms with van der Waals surface area (Å²) in [5.41, 5.74) is 5.60. The molecule has 0 amide bonds. The van der Waals surface area contributed by atoms with E-state index in [1.165, 1.54) is 0 Å². The molecule has 0 aromatic heterocycles. The van der Waals surface area contributed by atoms with E-state index in [-0.39, 0.29) is 12.0 Å². The normalized spacial score (nSPS) is 18.3. The van der Waals surface area contributed by atoms with E-state index in [1.54, 1.807) is 6.92 Å². The fourth-order valence-corrected chi connectivity index (χ4v) is 1.44. The Balaban J connectivity index is 3.68. The first-order valence-corrected chi connectivity index (χ1v) is 4.41. The molecule has 0 aliphatic carbocycles. The Bertz CT molecular complexity index is 145. The molecule has 0 aliphatic rings. The highest BCUT2D eigenvalue weighted by atomic mass is 16.4. The van der Waals surface area contributed by atoms with Crippen LogP contribution in [0, 0.1) is 11.8 Å². The Labute approximate surface area is 74.0 Å². The van der Waals surface area contributed by atoms with Crippen molar-refractivity contribution in [2.24, 2.45) is 17.6 Å². The Morgan fingerprint density at radius 3 is 2.17 bits per heavy atom. The lowest BCUT2D eigenvalue weighted by molar-refractivity contribution is -0.141.